The minimum atomic E-state index is -3.90. The normalized spacial score (nSPS) is 12.0. The Morgan fingerprint density at radius 3 is 2.45 bits per heavy atom. The molecule has 31 heavy (non-hydrogen) atoms. The van der Waals surface area contributed by atoms with Crippen molar-refractivity contribution >= 4 is 27.3 Å². The number of nitrogens with one attached hydrogen (secondary N) is 1. The van der Waals surface area contributed by atoms with Crippen molar-refractivity contribution in [2.75, 3.05) is 31.3 Å². The number of ether oxygens (including phenoxy) is 2. The van der Waals surface area contributed by atoms with Gasteiger partial charge in [-0.05, 0) is 38.1 Å². The first-order valence-electron chi connectivity index (χ1n) is 9.22. The number of nitrogens with zero attached hydrogens (tertiary/aromatic N) is 2. The summed E-state index contributed by atoms with van der Waals surface area (Å²) >= 11 is 0. The molecule has 2 rings (SSSR count). The van der Waals surface area contributed by atoms with Crippen LogP contribution in [-0.2, 0) is 14.8 Å². The Bertz CT molecular complexity index is 1090. The van der Waals surface area contributed by atoms with Crippen molar-refractivity contribution in [1.82, 2.24) is 5.32 Å². The predicted octanol–water partition coefficient (Wildman–Crippen LogP) is 2.56. The molecule has 0 saturated carbocycles. The third-order valence-corrected chi connectivity index (χ3v) is 5.84. The van der Waals surface area contributed by atoms with Crippen LogP contribution in [0.2, 0.25) is 0 Å². The average Bonchev–Trinajstić information content (AvgIpc) is 2.70. The van der Waals surface area contributed by atoms with Crippen LogP contribution >= 0.6 is 0 Å². The second-order valence-corrected chi connectivity index (χ2v) is 8.75. The molecular weight excluding hydrogens is 426 g/mol. The first kappa shape index (κ1) is 23.9. The highest BCUT2D eigenvalue weighted by Gasteiger charge is 2.26. The van der Waals surface area contributed by atoms with Gasteiger partial charge in [0, 0.05) is 11.6 Å². The molecule has 0 spiro atoms. The van der Waals surface area contributed by atoms with Crippen LogP contribution in [0.25, 0.3) is 0 Å². The summed E-state index contributed by atoms with van der Waals surface area (Å²) in [5, 5.41) is 14.0. The number of rotatable bonds is 9. The molecule has 0 aromatic heterocycles. The van der Waals surface area contributed by atoms with Gasteiger partial charge in [0.25, 0.3) is 5.69 Å². The maximum absolute atomic E-state index is 12.7. The number of amides is 1. The van der Waals surface area contributed by atoms with Crippen LogP contribution in [0.3, 0.4) is 0 Å². The Morgan fingerprint density at radius 2 is 1.90 bits per heavy atom. The minimum Gasteiger partial charge on any atom is -0.497 e. The number of nitro benzene ring substituents is 1. The van der Waals surface area contributed by atoms with E-state index in [2.05, 4.69) is 5.32 Å². The fraction of sp³-hybridized carbons (Fsp3) is 0.350. The van der Waals surface area contributed by atoms with E-state index in [0.29, 0.717) is 17.1 Å². The number of carbonyl (C=O) groups excluding carboxylic acids is 1. The molecule has 0 radical (unpaired) electrons. The second kappa shape index (κ2) is 9.65. The van der Waals surface area contributed by atoms with Gasteiger partial charge < -0.3 is 14.8 Å². The lowest BCUT2D eigenvalue weighted by atomic mass is 10.1. The number of methoxy groups -OCH3 is 2. The standard InChI is InChI=1S/C20H25N3O7S/c1-13-17(7-6-8-18(13)23(25)26)22(31(5,27)28)12-20(24)21-14(2)16-11-15(29-3)9-10-19(16)30-4/h6-11,14H,12H2,1-5H3,(H,21,24)/t14-/m1/s1. The highest BCUT2D eigenvalue weighted by molar-refractivity contribution is 7.92. The number of hydrogen-bond acceptors (Lipinski definition) is 7. The zero-order chi connectivity index (χ0) is 23.3. The summed E-state index contributed by atoms with van der Waals surface area (Å²) in [4.78, 5) is 23.3. The lowest BCUT2D eigenvalue weighted by Crippen LogP contribution is -2.41. The summed E-state index contributed by atoms with van der Waals surface area (Å²) in [5.41, 5.74) is 0.625. The molecule has 11 heteroatoms. The van der Waals surface area contributed by atoms with E-state index in [-0.39, 0.29) is 16.9 Å². The van der Waals surface area contributed by atoms with E-state index in [9.17, 15) is 23.3 Å². The molecule has 1 atom stereocenters. The number of carbonyl (C=O) groups is 1. The molecule has 0 aliphatic rings. The molecule has 2 aromatic rings. The monoisotopic (exact) mass is 451 g/mol. The van der Waals surface area contributed by atoms with Gasteiger partial charge in [0.15, 0.2) is 0 Å². The van der Waals surface area contributed by atoms with Crippen LogP contribution in [0.4, 0.5) is 11.4 Å². The van der Waals surface area contributed by atoms with Gasteiger partial charge in [-0.3, -0.25) is 19.2 Å². The molecule has 1 N–H and O–H groups in total. The molecule has 0 heterocycles. The Hall–Kier alpha value is -3.34. The highest BCUT2D eigenvalue weighted by atomic mass is 32.2. The van der Waals surface area contributed by atoms with Crippen molar-refractivity contribution in [1.29, 1.82) is 0 Å². The van der Waals surface area contributed by atoms with E-state index in [1.54, 1.807) is 25.1 Å². The van der Waals surface area contributed by atoms with Crippen molar-refractivity contribution in [3.8, 4) is 11.5 Å². The van der Waals surface area contributed by atoms with Crippen molar-refractivity contribution < 1.29 is 27.6 Å². The number of sulfonamides is 1. The average molecular weight is 452 g/mol. The summed E-state index contributed by atoms with van der Waals surface area (Å²) in [6.45, 7) is 2.61. The lowest BCUT2D eigenvalue weighted by molar-refractivity contribution is -0.385. The van der Waals surface area contributed by atoms with E-state index < -0.39 is 33.4 Å². The molecule has 0 aliphatic carbocycles. The van der Waals surface area contributed by atoms with Gasteiger partial charge in [-0.2, -0.15) is 0 Å². The van der Waals surface area contributed by atoms with E-state index in [4.69, 9.17) is 9.47 Å². The molecule has 10 nitrogen and oxygen atoms in total. The van der Waals surface area contributed by atoms with Crippen molar-refractivity contribution in [3.05, 3.63) is 57.6 Å². The lowest BCUT2D eigenvalue weighted by Gasteiger charge is -2.25. The fourth-order valence-electron chi connectivity index (χ4n) is 3.13. The number of benzene rings is 2. The molecule has 2 aromatic carbocycles. The van der Waals surface area contributed by atoms with Gasteiger partial charge in [0.2, 0.25) is 15.9 Å². The predicted molar refractivity (Wildman–Crippen MR) is 116 cm³/mol. The van der Waals surface area contributed by atoms with E-state index in [1.165, 1.54) is 39.3 Å². The SMILES string of the molecule is COc1ccc(OC)c([C@@H](C)NC(=O)CN(c2cccc([N+](=O)[O-])c2C)S(C)(=O)=O)c1. The van der Waals surface area contributed by atoms with Crippen LogP contribution in [0.15, 0.2) is 36.4 Å². The number of hydrogen-bond donors (Lipinski definition) is 1. The van der Waals surface area contributed by atoms with Gasteiger partial charge in [0.1, 0.15) is 18.0 Å². The van der Waals surface area contributed by atoms with Crippen LogP contribution in [0, 0.1) is 17.0 Å². The number of anilines is 1. The third kappa shape index (κ3) is 5.63. The topological polar surface area (TPSA) is 128 Å². The van der Waals surface area contributed by atoms with Gasteiger partial charge in [-0.15, -0.1) is 0 Å². The Balaban J connectivity index is 2.32. The third-order valence-electron chi connectivity index (χ3n) is 4.71. The Morgan fingerprint density at radius 1 is 1.23 bits per heavy atom. The summed E-state index contributed by atoms with van der Waals surface area (Å²) < 4.78 is 36.1. The largest absolute Gasteiger partial charge is 0.497 e. The van der Waals surface area contributed by atoms with Crippen molar-refractivity contribution in [3.63, 3.8) is 0 Å². The summed E-state index contributed by atoms with van der Waals surface area (Å²) in [6, 6.07) is 8.68. The van der Waals surface area contributed by atoms with Crippen molar-refractivity contribution in [2.45, 2.75) is 19.9 Å². The summed E-state index contributed by atoms with van der Waals surface area (Å²) in [6.07, 6.45) is 0.938. The quantitative estimate of drug-likeness (QED) is 0.458. The van der Waals surface area contributed by atoms with Crippen LogP contribution in [0.1, 0.15) is 24.1 Å². The number of nitro groups is 1. The molecule has 1 amide bonds. The molecule has 168 valence electrons. The smallest absolute Gasteiger partial charge is 0.274 e. The molecule has 0 saturated heterocycles. The van der Waals surface area contributed by atoms with Gasteiger partial charge in [0.05, 0.1) is 42.7 Å². The van der Waals surface area contributed by atoms with Gasteiger partial charge >= 0.3 is 0 Å². The van der Waals surface area contributed by atoms with Crippen LogP contribution in [0.5, 0.6) is 11.5 Å². The Kier molecular flexibility index (Phi) is 7.45. The zero-order valence-corrected chi connectivity index (χ0v) is 18.7. The van der Waals surface area contributed by atoms with Crippen LogP contribution < -0.4 is 19.1 Å². The van der Waals surface area contributed by atoms with E-state index in [0.717, 1.165) is 10.6 Å². The first-order valence-corrected chi connectivity index (χ1v) is 11.1. The molecule has 0 bridgehead atoms. The fourth-order valence-corrected chi connectivity index (χ4v) is 4.04. The maximum atomic E-state index is 12.7. The maximum Gasteiger partial charge on any atom is 0.274 e. The molecule has 0 aliphatic heterocycles. The molecular formula is C20H25N3O7S. The van der Waals surface area contributed by atoms with Crippen molar-refractivity contribution in [2.24, 2.45) is 0 Å². The Labute approximate surface area is 181 Å². The van der Waals surface area contributed by atoms with E-state index >= 15 is 0 Å². The van der Waals surface area contributed by atoms with Gasteiger partial charge in [-0.25, -0.2) is 8.42 Å². The zero-order valence-electron chi connectivity index (χ0n) is 17.9. The molecule has 0 unspecified atom stereocenters. The minimum absolute atomic E-state index is 0.0680. The van der Waals surface area contributed by atoms with Gasteiger partial charge in [-0.1, -0.05) is 6.07 Å². The summed E-state index contributed by atoms with van der Waals surface area (Å²) in [5.74, 6) is 0.513. The summed E-state index contributed by atoms with van der Waals surface area (Å²) in [7, 11) is -0.886. The molecule has 0 fully saturated rings. The highest BCUT2D eigenvalue weighted by Crippen LogP contribution is 2.31. The van der Waals surface area contributed by atoms with E-state index in [1.807, 2.05) is 0 Å². The van der Waals surface area contributed by atoms with Crippen LogP contribution in [-0.4, -0.2) is 46.3 Å². The second-order valence-electron chi connectivity index (χ2n) is 6.85. The first-order chi connectivity index (χ1) is 14.5.